The Morgan fingerprint density at radius 2 is 1.89 bits per heavy atom. The first kappa shape index (κ1) is 21.7. The molecule has 0 heterocycles. The van der Waals surface area contributed by atoms with Crippen molar-refractivity contribution in [1.82, 2.24) is 5.32 Å². The van der Waals surface area contributed by atoms with E-state index in [2.05, 4.69) is 48.3 Å². The maximum absolute atomic E-state index is 12.9. The molecule has 2 aliphatic rings. The van der Waals surface area contributed by atoms with Gasteiger partial charge in [0, 0.05) is 13.0 Å². The second-order valence-electron chi connectivity index (χ2n) is 7.09. The normalized spacial score (nSPS) is 20.8. The summed E-state index contributed by atoms with van der Waals surface area (Å²) >= 11 is 0. The summed E-state index contributed by atoms with van der Waals surface area (Å²) in [5.74, 6) is 0.276. The molecule has 0 aliphatic heterocycles. The van der Waals surface area contributed by atoms with Crippen LogP contribution in [0.3, 0.4) is 0 Å². The van der Waals surface area contributed by atoms with E-state index in [1.165, 1.54) is 37.5 Å². The highest BCUT2D eigenvalue weighted by atomic mass is 19.1. The van der Waals surface area contributed by atoms with Gasteiger partial charge in [-0.2, -0.15) is 4.39 Å². The molecule has 150 valence electrons. The third kappa shape index (κ3) is 8.41. The molecular weight excluding hydrogens is 353 g/mol. The molecule has 0 bridgehead atoms. The number of amides is 1. The summed E-state index contributed by atoms with van der Waals surface area (Å²) in [5, 5.41) is 2.93. The fraction of sp³-hybridized carbons (Fsp3) is 0.417. The highest BCUT2D eigenvalue weighted by Gasteiger charge is 2.22. The first-order valence-corrected chi connectivity index (χ1v) is 10.0. The average molecular weight is 384 g/mol. The number of nitrogens with one attached hydrogen (secondary N) is 1. The molecule has 0 spiro atoms. The van der Waals surface area contributed by atoms with Crippen molar-refractivity contribution in [3.05, 3.63) is 77.5 Å². The number of carbonyl (C=O) groups excluding carboxylic acids is 1. The minimum atomic E-state index is -0.399. The lowest BCUT2D eigenvalue weighted by molar-refractivity contribution is -0.120. The van der Waals surface area contributed by atoms with Gasteiger partial charge in [0.15, 0.2) is 5.83 Å². The van der Waals surface area contributed by atoms with Crippen LogP contribution in [0.15, 0.2) is 72.0 Å². The van der Waals surface area contributed by atoms with Gasteiger partial charge in [0.1, 0.15) is 5.76 Å². The standard InChI is InChI=1S/C15H18FNO2.C9H12/c1-11(18)17-13-6-9-15(10-7-13)19-14-4-2-3-12(16)5-8-14;1-2-6-9-7-4-3-5-8-9/h2,4-5,8,13,15H,6-7,9-10H2,1H3,(H,17,18);3-5,7-8H,2,6H2,1H3. The Labute approximate surface area is 167 Å². The van der Waals surface area contributed by atoms with Gasteiger partial charge in [0.2, 0.25) is 5.91 Å². The van der Waals surface area contributed by atoms with E-state index in [0.717, 1.165) is 25.7 Å². The molecule has 1 amide bonds. The predicted octanol–water partition coefficient (Wildman–Crippen LogP) is 5.55. The molecule has 1 N–H and O–H groups in total. The van der Waals surface area contributed by atoms with Crippen LogP contribution in [-0.4, -0.2) is 18.1 Å². The number of aryl methyl sites for hydroxylation is 1. The number of hydrogen-bond acceptors (Lipinski definition) is 2. The van der Waals surface area contributed by atoms with Crippen molar-refractivity contribution in [3.63, 3.8) is 0 Å². The molecule has 4 heteroatoms. The zero-order valence-corrected chi connectivity index (χ0v) is 16.8. The van der Waals surface area contributed by atoms with Gasteiger partial charge in [0.25, 0.3) is 0 Å². The number of allylic oxidation sites excluding steroid dienone is 4. The summed E-state index contributed by atoms with van der Waals surface area (Å²) in [5.41, 5.74) is 3.92. The second kappa shape index (κ2) is 12.0. The summed E-state index contributed by atoms with van der Waals surface area (Å²) in [7, 11) is 0. The first-order valence-electron chi connectivity index (χ1n) is 10.0. The summed E-state index contributed by atoms with van der Waals surface area (Å²) in [4.78, 5) is 11.0. The van der Waals surface area contributed by atoms with E-state index in [0.29, 0.717) is 5.76 Å². The van der Waals surface area contributed by atoms with Gasteiger partial charge in [-0.3, -0.25) is 4.79 Å². The molecule has 1 fully saturated rings. The summed E-state index contributed by atoms with van der Waals surface area (Å²) in [6.45, 7) is 3.74. The summed E-state index contributed by atoms with van der Waals surface area (Å²) < 4.78 is 18.8. The molecule has 28 heavy (non-hydrogen) atoms. The summed E-state index contributed by atoms with van der Waals surface area (Å²) in [6.07, 6.45) is 12.4. The van der Waals surface area contributed by atoms with E-state index in [4.69, 9.17) is 4.74 Å². The van der Waals surface area contributed by atoms with E-state index in [1.807, 2.05) is 0 Å². The van der Waals surface area contributed by atoms with Crippen molar-refractivity contribution in [2.24, 2.45) is 0 Å². The fourth-order valence-corrected chi connectivity index (χ4v) is 3.28. The van der Waals surface area contributed by atoms with Crippen molar-refractivity contribution in [1.29, 1.82) is 0 Å². The van der Waals surface area contributed by atoms with E-state index < -0.39 is 5.83 Å². The zero-order valence-electron chi connectivity index (χ0n) is 16.8. The lowest BCUT2D eigenvalue weighted by Crippen LogP contribution is -2.37. The van der Waals surface area contributed by atoms with Crippen LogP contribution in [0.4, 0.5) is 4.39 Å². The smallest absolute Gasteiger partial charge is 0.217 e. The van der Waals surface area contributed by atoms with E-state index in [9.17, 15) is 9.18 Å². The molecule has 1 saturated carbocycles. The van der Waals surface area contributed by atoms with Gasteiger partial charge in [0.05, 0.1) is 6.10 Å². The van der Waals surface area contributed by atoms with Gasteiger partial charge < -0.3 is 10.1 Å². The quantitative estimate of drug-likeness (QED) is 0.677. The summed E-state index contributed by atoms with van der Waals surface area (Å²) in [6, 6.07) is 10.8. The van der Waals surface area contributed by atoms with Gasteiger partial charge in [-0.05, 0) is 62.0 Å². The average Bonchev–Trinajstić information content (AvgIpc) is 2.89. The van der Waals surface area contributed by atoms with Crippen LogP contribution in [0.2, 0.25) is 0 Å². The van der Waals surface area contributed by atoms with Gasteiger partial charge in [-0.15, -0.1) is 0 Å². The second-order valence-corrected chi connectivity index (χ2v) is 7.09. The number of ether oxygens (including phenoxy) is 1. The van der Waals surface area contributed by atoms with Crippen LogP contribution in [0, 0.1) is 0 Å². The molecule has 1 aromatic carbocycles. The Bertz CT molecular complexity index is 737. The minimum Gasteiger partial charge on any atom is -0.490 e. The Balaban J connectivity index is 0.000000261. The van der Waals surface area contributed by atoms with Gasteiger partial charge in [-0.25, -0.2) is 0 Å². The number of hydrogen-bond donors (Lipinski definition) is 1. The molecule has 2 aliphatic carbocycles. The van der Waals surface area contributed by atoms with Crippen molar-refractivity contribution in [2.45, 2.75) is 64.5 Å². The molecule has 0 atom stereocenters. The maximum Gasteiger partial charge on any atom is 0.217 e. The minimum absolute atomic E-state index is 0.0189. The van der Waals surface area contributed by atoms with E-state index in [-0.39, 0.29) is 18.1 Å². The Kier molecular flexibility index (Phi) is 9.30. The molecule has 0 unspecified atom stereocenters. The fourth-order valence-electron chi connectivity index (χ4n) is 3.28. The third-order valence-corrected chi connectivity index (χ3v) is 4.63. The molecule has 3 rings (SSSR count). The van der Waals surface area contributed by atoms with E-state index >= 15 is 0 Å². The molecule has 1 aromatic rings. The van der Waals surface area contributed by atoms with Crippen LogP contribution >= 0.6 is 0 Å². The highest BCUT2D eigenvalue weighted by Crippen LogP contribution is 2.24. The molecule has 0 radical (unpaired) electrons. The van der Waals surface area contributed by atoms with Gasteiger partial charge in [-0.1, -0.05) is 49.4 Å². The van der Waals surface area contributed by atoms with Gasteiger partial charge >= 0.3 is 0 Å². The highest BCUT2D eigenvalue weighted by molar-refractivity contribution is 5.73. The first-order chi connectivity index (χ1) is 13.6. The van der Waals surface area contributed by atoms with Crippen LogP contribution in [-0.2, 0) is 16.0 Å². The van der Waals surface area contributed by atoms with Crippen molar-refractivity contribution >= 4 is 5.91 Å². The number of halogens is 1. The SMILES string of the molecule is CC(=O)NC1CCC(OC2=CC=C=C(F)C=C2)CC1.CCCc1ccccc1. The number of carbonyl (C=O) groups is 1. The Morgan fingerprint density at radius 1 is 1.18 bits per heavy atom. The third-order valence-electron chi connectivity index (χ3n) is 4.63. The number of benzene rings is 1. The van der Waals surface area contributed by atoms with Crippen LogP contribution in [0.25, 0.3) is 0 Å². The Morgan fingerprint density at radius 3 is 2.54 bits per heavy atom. The Hall–Kier alpha value is -2.58. The molecule has 0 aromatic heterocycles. The number of rotatable bonds is 5. The molecule has 3 nitrogen and oxygen atoms in total. The maximum atomic E-state index is 12.9. The van der Waals surface area contributed by atoms with Crippen molar-refractivity contribution in [2.75, 3.05) is 0 Å². The lowest BCUT2D eigenvalue weighted by Gasteiger charge is -2.29. The predicted molar refractivity (Wildman–Crippen MR) is 111 cm³/mol. The van der Waals surface area contributed by atoms with Crippen LogP contribution in [0.5, 0.6) is 0 Å². The van der Waals surface area contributed by atoms with Crippen molar-refractivity contribution < 1.29 is 13.9 Å². The zero-order chi connectivity index (χ0) is 20.2. The largest absolute Gasteiger partial charge is 0.490 e. The van der Waals surface area contributed by atoms with Crippen LogP contribution < -0.4 is 5.32 Å². The topological polar surface area (TPSA) is 38.3 Å². The lowest BCUT2D eigenvalue weighted by atomic mass is 9.93. The molecular formula is C24H30FNO2. The van der Waals surface area contributed by atoms with Crippen LogP contribution in [0.1, 0.15) is 51.5 Å². The van der Waals surface area contributed by atoms with Crippen molar-refractivity contribution in [3.8, 4) is 0 Å². The molecule has 0 saturated heterocycles. The van der Waals surface area contributed by atoms with E-state index in [1.54, 1.807) is 12.2 Å². The monoisotopic (exact) mass is 383 g/mol.